The average molecular weight is 1910 g/mol. The molecule has 0 radical (unpaired) electrons. The number of hydrogen-bond donors (Lipinski definition) is 20. The smallest absolute Gasteiger partial charge is 0.305 e. The van der Waals surface area contributed by atoms with Crippen LogP contribution in [0, 0.1) is 0 Å². The molecule has 6 aromatic rings. The zero-order valence-corrected chi connectivity index (χ0v) is 77.6. The Balaban J connectivity index is 1.02. The minimum atomic E-state index is -1.76. The van der Waals surface area contributed by atoms with Crippen LogP contribution in [0.4, 0.5) is 0 Å². The number of fused-ring (bicyclic) bond motifs is 5. The summed E-state index contributed by atoms with van der Waals surface area (Å²) in [5.41, 5.74) is 14.5. The van der Waals surface area contributed by atoms with E-state index in [-0.39, 0.29) is 96.1 Å². The molecule has 2 unspecified atom stereocenters. The van der Waals surface area contributed by atoms with E-state index in [1.807, 2.05) is 13.8 Å². The first-order valence-corrected chi connectivity index (χ1v) is 47.4. The van der Waals surface area contributed by atoms with Gasteiger partial charge in [-0.3, -0.25) is 81.5 Å². The molecule has 738 valence electrons. The minimum Gasteiger partial charge on any atom is -0.508 e. The molecule has 3 aromatic heterocycles. The predicted octanol–water partition coefficient (Wildman–Crippen LogP) is -1.64. The van der Waals surface area contributed by atoms with E-state index in [0.29, 0.717) is 89.1 Å². The fourth-order valence-electron chi connectivity index (χ4n) is 17.7. The van der Waals surface area contributed by atoms with E-state index in [4.69, 9.17) is 11.5 Å². The number of aliphatic carboxylic acids is 2. The third-order valence-corrected chi connectivity index (χ3v) is 26.1. The van der Waals surface area contributed by atoms with Crippen LogP contribution in [0.25, 0.3) is 21.8 Å². The molecule has 15 amide bonds. The number of nitrogens with one attached hydrogen (secondary N) is 13. The van der Waals surface area contributed by atoms with Gasteiger partial charge in [0, 0.05) is 138 Å². The van der Waals surface area contributed by atoms with Gasteiger partial charge in [0.05, 0.1) is 42.9 Å². The number of imidazole rings is 1. The predicted molar refractivity (Wildman–Crippen MR) is 496 cm³/mol. The SMILES string of the molecule is CCCC[C@@H]1C(=O)N(C)[C@H](CCCC)C(=O)N[C@@H](CCCN)C(=O)N[C@@H](C(=O)NCC(N)=O)CSCC(=O)N[C@@H](Cc2ccc(O)cc2)C(=O)N2CCCCC2C(=O)N[C@H](CC(=O)O)C(=O)N2CCC[C@H]2CN[C@H](Cc2c[nH]cn2)C(=O)N[C@@H](CCC(=O)O)C(=O)N2C[C@H](O)CC2C(=O)N[C@H](Cc2c[nH]c3ccccc23)C(=O)N[C@@H](CCO)C(=O)N[C@@H](Cc2c[nH]c3ccccc23)C(=O)N1C. The molecule has 3 aromatic carbocycles. The lowest BCUT2D eigenvalue weighted by atomic mass is 9.97. The second kappa shape index (κ2) is 51.0. The number of unbranched alkanes of at least 4 members (excludes halogenated alkanes) is 2. The maximum atomic E-state index is 15.8. The van der Waals surface area contributed by atoms with Gasteiger partial charge in [0.2, 0.25) is 88.6 Å². The Labute approximate surface area is 789 Å². The first-order valence-electron chi connectivity index (χ1n) is 46.2. The second-order valence-electron chi connectivity index (χ2n) is 34.9. The quantitative estimate of drug-likeness (QED) is 0.0275. The summed E-state index contributed by atoms with van der Waals surface area (Å²) in [5, 5.41) is 81.5. The van der Waals surface area contributed by atoms with E-state index in [1.54, 1.807) is 60.9 Å². The first-order chi connectivity index (χ1) is 65.2. The maximum absolute atomic E-state index is 15.8. The van der Waals surface area contributed by atoms with Gasteiger partial charge in [-0.1, -0.05) is 88.1 Å². The van der Waals surface area contributed by atoms with Crippen LogP contribution in [0.2, 0.25) is 0 Å². The van der Waals surface area contributed by atoms with Crippen molar-refractivity contribution >= 4 is 134 Å². The summed E-state index contributed by atoms with van der Waals surface area (Å²) in [6, 6.07) is -1.06. The molecule has 7 heterocycles. The summed E-state index contributed by atoms with van der Waals surface area (Å²) in [6.07, 6.45) is 3.44. The topological polar surface area (TPSA) is 640 Å². The summed E-state index contributed by atoms with van der Waals surface area (Å²) < 4.78 is 0. The second-order valence-corrected chi connectivity index (χ2v) is 36.0. The third-order valence-electron chi connectivity index (χ3n) is 25.1. The van der Waals surface area contributed by atoms with Crippen LogP contribution in [0.1, 0.15) is 152 Å². The highest BCUT2D eigenvalue weighted by Gasteiger charge is 2.47. The fourth-order valence-corrected chi connectivity index (χ4v) is 18.6. The monoisotopic (exact) mass is 1910 g/mol. The van der Waals surface area contributed by atoms with Gasteiger partial charge < -0.3 is 130 Å². The third kappa shape index (κ3) is 29.0. The number of carbonyl (C=O) groups is 17. The average Bonchev–Trinajstić information content (AvgIpc) is 1.65. The number of para-hydroxylation sites is 2. The van der Waals surface area contributed by atoms with E-state index in [9.17, 15) is 59.1 Å². The summed E-state index contributed by atoms with van der Waals surface area (Å²) in [5.74, 6) is -17.5. The Morgan fingerprint density at radius 2 is 1.10 bits per heavy atom. The number of phenols is 1. The van der Waals surface area contributed by atoms with Crippen molar-refractivity contribution in [3.8, 4) is 5.75 Å². The molecule has 0 saturated carbocycles. The molecule has 43 nitrogen and oxygen atoms in total. The molecule has 4 saturated heterocycles. The number of aromatic nitrogens is 4. The van der Waals surface area contributed by atoms with Crippen molar-refractivity contribution in [3.63, 3.8) is 0 Å². The molecule has 0 aliphatic carbocycles. The van der Waals surface area contributed by atoms with E-state index >= 15 is 47.9 Å². The summed E-state index contributed by atoms with van der Waals surface area (Å²) in [7, 11) is 2.72. The summed E-state index contributed by atoms with van der Waals surface area (Å²) in [4.78, 5) is 268. The molecule has 4 aliphatic heterocycles. The minimum absolute atomic E-state index is 0.00257. The number of aliphatic hydroxyl groups is 2. The lowest BCUT2D eigenvalue weighted by Gasteiger charge is -2.38. The normalized spacial score (nSPS) is 25.2. The van der Waals surface area contributed by atoms with E-state index in [1.165, 1.54) is 65.6 Å². The van der Waals surface area contributed by atoms with Crippen molar-refractivity contribution in [2.75, 3.05) is 71.5 Å². The van der Waals surface area contributed by atoms with E-state index in [2.05, 4.69) is 73.1 Å². The van der Waals surface area contributed by atoms with Crippen molar-refractivity contribution < 1.29 is 107 Å². The molecule has 136 heavy (non-hydrogen) atoms. The Bertz CT molecular complexity index is 5190. The molecular weight excluding hydrogens is 1780 g/mol. The van der Waals surface area contributed by atoms with Gasteiger partial charge in [-0.05, 0) is 118 Å². The number of carbonyl (C=O) groups excluding carboxylic acids is 15. The molecule has 22 N–H and O–H groups in total. The Morgan fingerprint density at radius 3 is 1.74 bits per heavy atom. The van der Waals surface area contributed by atoms with E-state index in [0.717, 1.165) is 21.6 Å². The van der Waals surface area contributed by atoms with Crippen molar-refractivity contribution in [2.24, 2.45) is 11.5 Å². The number of benzene rings is 3. The van der Waals surface area contributed by atoms with Gasteiger partial charge in [0.15, 0.2) is 0 Å². The molecular formula is C92H127N21O22S. The summed E-state index contributed by atoms with van der Waals surface area (Å²) in [6.45, 7) is 1.48. The molecule has 0 spiro atoms. The fraction of sp³-hybridized carbons (Fsp3) is 0.543. The molecule has 4 aliphatic rings. The number of H-pyrrole nitrogens is 3. The Hall–Kier alpha value is -13.1. The molecule has 44 heteroatoms. The number of carboxylic acids is 2. The number of aromatic amines is 3. The van der Waals surface area contributed by atoms with E-state index < -0.39 is 255 Å². The molecule has 4 fully saturated rings. The van der Waals surface area contributed by atoms with Crippen molar-refractivity contribution in [3.05, 3.63) is 120 Å². The van der Waals surface area contributed by atoms with Crippen LogP contribution in [0.15, 0.2) is 97.7 Å². The van der Waals surface area contributed by atoms with Gasteiger partial charge in [-0.15, -0.1) is 11.8 Å². The highest BCUT2D eigenvalue weighted by atomic mass is 32.2. The van der Waals surface area contributed by atoms with Crippen LogP contribution in [-0.2, 0) is 107 Å². The van der Waals surface area contributed by atoms with Gasteiger partial charge in [-0.2, -0.15) is 0 Å². The Kier molecular flexibility index (Phi) is 39.4. The van der Waals surface area contributed by atoms with Crippen LogP contribution < -0.4 is 64.6 Å². The van der Waals surface area contributed by atoms with Gasteiger partial charge in [0.1, 0.15) is 78.3 Å². The first kappa shape index (κ1) is 105. The van der Waals surface area contributed by atoms with Crippen LogP contribution in [-0.4, -0.2) is 333 Å². The number of primary amides is 1. The van der Waals surface area contributed by atoms with Crippen molar-refractivity contribution in [1.82, 2.24) is 97.6 Å². The lowest BCUT2D eigenvalue weighted by molar-refractivity contribution is -0.149. The Morgan fingerprint density at radius 1 is 0.537 bits per heavy atom. The molecule has 15 atom stereocenters. The van der Waals surface area contributed by atoms with Crippen molar-refractivity contribution in [2.45, 2.75) is 246 Å². The number of aliphatic hydroxyl groups excluding tert-OH is 2. The number of piperidine rings is 1. The van der Waals surface area contributed by atoms with Crippen LogP contribution in [0.5, 0.6) is 5.75 Å². The van der Waals surface area contributed by atoms with Gasteiger partial charge >= 0.3 is 11.9 Å². The highest BCUT2D eigenvalue weighted by molar-refractivity contribution is 8.00. The number of amides is 15. The summed E-state index contributed by atoms with van der Waals surface area (Å²) >= 11 is 0.799. The zero-order valence-electron chi connectivity index (χ0n) is 76.7. The number of hydrogen-bond acceptors (Lipinski definition) is 24. The van der Waals surface area contributed by atoms with Crippen LogP contribution >= 0.6 is 11.8 Å². The standard InChI is InChI=1S/C92H127N21O22S/c1-5-7-23-72-85(128)103-63(22-15-33-93)81(124)108-71(80(123)99-47-76(94)117)49-136-50-77(118)101-68(37-52-26-28-57(115)29-27-52)91(134)112-34-14-13-25-73(112)86(129)107-70(42-79(121)122)90(133)111-35-16-17-56(111)46-98-66(40-55-45-95-51-100-55)83(126)104-65(30-31-78(119)120)89(132)113-48-58(116)41-75(113)87(130)105-67(38-53-43-96-61-20-11-9-18-59(53)61)84(127)102-64(32-36-114)82(125)106-69(39-54-44-97-62-21-12-10-19-60(54)62)88(131)110(4)74(24-8-6-2)92(135)109(72)3/h9-12,18-21,26-29,43-45,51,56,58,63-75,96-98,114-116H,5-8,13-17,22-25,30-42,46-50,93H2,1-4H3,(H2,94,117)(H,95,100)(H,99,123)(H,101,118)(H,102,127)(H,103,128)(H,104,126)(H,105,130)(H,106,125)(H,107,129)(H,108,124)(H,119,120)(H,121,122)/t56-,58+,63-,64-,65-,66+,67+,68-,69-,70+,71+,72+,73?,74+,75?/m0/s1. The molecule has 10 rings (SSSR count). The maximum Gasteiger partial charge on any atom is 0.305 e. The number of aromatic hydroxyl groups is 1. The lowest BCUT2D eigenvalue weighted by Crippen LogP contribution is -2.61. The number of thioether (sulfide) groups is 1. The van der Waals surface area contributed by atoms with Crippen molar-refractivity contribution in [1.29, 1.82) is 0 Å². The number of phenolic OH excluding ortho intramolecular Hbond substituents is 1. The number of nitrogens with two attached hydrogens (primary N) is 2. The largest absolute Gasteiger partial charge is 0.508 e. The number of nitrogens with zero attached hydrogens (tertiary/aromatic N) is 6. The zero-order chi connectivity index (χ0) is 98.4. The van der Waals surface area contributed by atoms with Gasteiger partial charge in [-0.25, -0.2) is 4.98 Å². The van der Waals surface area contributed by atoms with Gasteiger partial charge in [0.25, 0.3) is 0 Å². The number of carboxylic acid groups (broad SMARTS) is 2. The number of rotatable bonds is 27. The number of likely N-dealkylation sites (N-methyl/N-ethyl adjacent to an activating group) is 2. The van der Waals surface area contributed by atoms with Crippen LogP contribution in [0.3, 0.4) is 0 Å². The highest BCUT2D eigenvalue weighted by Crippen LogP contribution is 2.29. The molecule has 0 bridgehead atoms.